The molecule has 0 heterocycles. The second-order valence-corrected chi connectivity index (χ2v) is 6.34. The Bertz CT molecular complexity index is 533. The lowest BCUT2D eigenvalue weighted by Crippen LogP contribution is -2.15. The molecule has 0 aliphatic heterocycles. The van der Waals surface area contributed by atoms with Crippen molar-refractivity contribution in [2.45, 2.75) is 13.8 Å². The minimum atomic E-state index is -3.04. The molecule has 100 valence electrons. The molecule has 0 saturated carbocycles. The Morgan fingerprint density at radius 1 is 1.39 bits per heavy atom. The number of sulfone groups is 1. The highest BCUT2D eigenvalue weighted by Crippen LogP contribution is 2.17. The number of carboxylic acid groups (broad SMARTS) is 1. The molecule has 0 atom stereocenters. The molecule has 18 heavy (non-hydrogen) atoms. The molecule has 0 saturated heterocycles. The van der Waals surface area contributed by atoms with Crippen molar-refractivity contribution in [1.82, 2.24) is 0 Å². The van der Waals surface area contributed by atoms with Gasteiger partial charge in [-0.05, 0) is 30.7 Å². The van der Waals surface area contributed by atoms with Gasteiger partial charge >= 0.3 is 5.97 Å². The number of hydrogen-bond donors (Lipinski definition) is 1. The minimum absolute atomic E-state index is 0.0385. The van der Waals surface area contributed by atoms with Crippen molar-refractivity contribution in [2.75, 3.05) is 18.1 Å². The third-order valence-corrected chi connectivity index (χ3v) is 4.20. The molecule has 0 bridgehead atoms. The molecule has 1 aromatic carbocycles. The van der Waals surface area contributed by atoms with Crippen LogP contribution in [0, 0.1) is 6.92 Å². The SMILES string of the molecule is CCS(=O)(=O)CCOc1ccc(C(=O)O)c(C)c1. The van der Waals surface area contributed by atoms with Crippen molar-refractivity contribution in [1.29, 1.82) is 0 Å². The molecule has 0 unspecified atom stereocenters. The van der Waals surface area contributed by atoms with Crippen molar-refractivity contribution in [3.63, 3.8) is 0 Å². The maximum absolute atomic E-state index is 11.2. The first kappa shape index (κ1) is 14.5. The summed E-state index contributed by atoms with van der Waals surface area (Å²) >= 11 is 0. The summed E-state index contributed by atoms with van der Waals surface area (Å²) in [6.45, 7) is 3.32. The summed E-state index contributed by atoms with van der Waals surface area (Å²) in [6, 6.07) is 4.55. The molecule has 0 spiro atoms. The molecular weight excluding hydrogens is 256 g/mol. The standard InChI is InChI=1S/C12H16O5S/c1-3-18(15,16)7-6-17-10-4-5-11(12(13)14)9(2)8-10/h4-5,8H,3,6-7H2,1-2H3,(H,13,14). The molecule has 1 N–H and O–H groups in total. The fourth-order valence-electron chi connectivity index (χ4n) is 1.40. The number of carbonyl (C=O) groups is 1. The first-order valence-electron chi connectivity index (χ1n) is 5.53. The molecule has 5 nitrogen and oxygen atoms in total. The second-order valence-electron chi connectivity index (χ2n) is 3.87. The van der Waals surface area contributed by atoms with E-state index in [4.69, 9.17) is 9.84 Å². The number of carboxylic acids is 1. The van der Waals surface area contributed by atoms with Gasteiger partial charge in [0, 0.05) is 5.75 Å². The van der Waals surface area contributed by atoms with Crippen LogP contribution in [0.5, 0.6) is 5.75 Å². The number of hydrogen-bond acceptors (Lipinski definition) is 4. The Hall–Kier alpha value is -1.56. The fourth-order valence-corrected chi connectivity index (χ4v) is 2.02. The van der Waals surface area contributed by atoms with E-state index in [2.05, 4.69) is 0 Å². The Kier molecular flexibility index (Phi) is 4.72. The molecule has 0 aliphatic carbocycles. The normalized spacial score (nSPS) is 11.2. The Morgan fingerprint density at radius 2 is 2.06 bits per heavy atom. The van der Waals surface area contributed by atoms with Gasteiger partial charge in [0.15, 0.2) is 9.84 Å². The van der Waals surface area contributed by atoms with Crippen LogP contribution in [0.15, 0.2) is 18.2 Å². The van der Waals surface area contributed by atoms with Crippen LogP contribution >= 0.6 is 0 Å². The Balaban J connectivity index is 2.65. The van der Waals surface area contributed by atoms with E-state index < -0.39 is 15.8 Å². The van der Waals surface area contributed by atoms with Gasteiger partial charge in [-0.25, -0.2) is 13.2 Å². The number of benzene rings is 1. The van der Waals surface area contributed by atoms with E-state index in [0.717, 1.165) is 0 Å². The lowest BCUT2D eigenvalue weighted by Gasteiger charge is -2.08. The zero-order valence-corrected chi connectivity index (χ0v) is 11.2. The van der Waals surface area contributed by atoms with E-state index in [0.29, 0.717) is 11.3 Å². The molecule has 0 amide bonds. The molecule has 6 heteroatoms. The highest BCUT2D eigenvalue weighted by molar-refractivity contribution is 7.91. The van der Waals surface area contributed by atoms with Gasteiger partial charge < -0.3 is 9.84 Å². The highest BCUT2D eigenvalue weighted by Gasteiger charge is 2.09. The average molecular weight is 272 g/mol. The van der Waals surface area contributed by atoms with E-state index in [-0.39, 0.29) is 23.7 Å². The van der Waals surface area contributed by atoms with Gasteiger partial charge in [0.1, 0.15) is 12.4 Å². The maximum atomic E-state index is 11.2. The number of aromatic carboxylic acids is 1. The van der Waals surface area contributed by atoms with Gasteiger partial charge in [-0.2, -0.15) is 0 Å². The lowest BCUT2D eigenvalue weighted by atomic mass is 10.1. The third kappa shape index (κ3) is 4.03. The van der Waals surface area contributed by atoms with E-state index in [9.17, 15) is 13.2 Å². The monoisotopic (exact) mass is 272 g/mol. The summed E-state index contributed by atoms with van der Waals surface area (Å²) < 4.78 is 27.8. The van der Waals surface area contributed by atoms with Crippen LogP contribution in [0.4, 0.5) is 0 Å². The summed E-state index contributed by atoms with van der Waals surface area (Å²) in [7, 11) is -3.04. The summed E-state index contributed by atoms with van der Waals surface area (Å²) in [6.07, 6.45) is 0. The first-order chi connectivity index (χ1) is 8.35. The van der Waals surface area contributed by atoms with Gasteiger partial charge in [0.05, 0.1) is 11.3 Å². The number of ether oxygens (including phenoxy) is 1. The molecule has 0 aliphatic rings. The number of aryl methyl sites for hydroxylation is 1. The van der Waals surface area contributed by atoms with Crippen LogP contribution < -0.4 is 4.74 Å². The van der Waals surface area contributed by atoms with Gasteiger partial charge in [-0.3, -0.25) is 0 Å². The largest absolute Gasteiger partial charge is 0.493 e. The van der Waals surface area contributed by atoms with E-state index in [1.165, 1.54) is 12.1 Å². The average Bonchev–Trinajstić information content (AvgIpc) is 2.28. The van der Waals surface area contributed by atoms with Crippen LogP contribution in [-0.2, 0) is 9.84 Å². The van der Waals surface area contributed by atoms with Crippen molar-refractivity contribution >= 4 is 15.8 Å². The first-order valence-corrected chi connectivity index (χ1v) is 7.35. The van der Waals surface area contributed by atoms with Crippen molar-refractivity contribution < 1.29 is 23.1 Å². The van der Waals surface area contributed by atoms with Crippen LogP contribution in [-0.4, -0.2) is 37.6 Å². The second kappa shape index (κ2) is 5.86. The summed E-state index contributed by atoms with van der Waals surface area (Å²) in [5.41, 5.74) is 0.793. The van der Waals surface area contributed by atoms with Crippen molar-refractivity contribution in [3.05, 3.63) is 29.3 Å². The fraction of sp³-hybridized carbons (Fsp3) is 0.417. The zero-order chi connectivity index (χ0) is 13.8. The quantitative estimate of drug-likeness (QED) is 0.849. The zero-order valence-electron chi connectivity index (χ0n) is 10.3. The van der Waals surface area contributed by atoms with Crippen LogP contribution in [0.2, 0.25) is 0 Å². The predicted molar refractivity (Wildman–Crippen MR) is 68.0 cm³/mol. The predicted octanol–water partition coefficient (Wildman–Crippen LogP) is 1.51. The van der Waals surface area contributed by atoms with E-state index in [1.54, 1.807) is 19.9 Å². The van der Waals surface area contributed by atoms with Crippen LogP contribution in [0.3, 0.4) is 0 Å². The van der Waals surface area contributed by atoms with Crippen molar-refractivity contribution in [2.24, 2.45) is 0 Å². The lowest BCUT2D eigenvalue weighted by molar-refractivity contribution is 0.0696. The molecule has 0 radical (unpaired) electrons. The maximum Gasteiger partial charge on any atom is 0.335 e. The summed E-state index contributed by atoms with van der Waals surface area (Å²) in [5, 5.41) is 8.85. The molecular formula is C12H16O5S. The molecule has 0 fully saturated rings. The van der Waals surface area contributed by atoms with Crippen LogP contribution in [0.1, 0.15) is 22.8 Å². The smallest absolute Gasteiger partial charge is 0.335 e. The third-order valence-electron chi connectivity index (χ3n) is 2.53. The highest BCUT2D eigenvalue weighted by atomic mass is 32.2. The van der Waals surface area contributed by atoms with Gasteiger partial charge in [-0.1, -0.05) is 6.92 Å². The van der Waals surface area contributed by atoms with Crippen molar-refractivity contribution in [3.8, 4) is 5.75 Å². The summed E-state index contributed by atoms with van der Waals surface area (Å²) in [5.74, 6) is -0.465. The molecule has 1 aromatic rings. The van der Waals surface area contributed by atoms with Crippen LogP contribution in [0.25, 0.3) is 0 Å². The van der Waals surface area contributed by atoms with Gasteiger partial charge in [0.2, 0.25) is 0 Å². The van der Waals surface area contributed by atoms with Gasteiger partial charge in [-0.15, -0.1) is 0 Å². The Labute approximate surface area is 106 Å². The van der Waals surface area contributed by atoms with Gasteiger partial charge in [0.25, 0.3) is 0 Å². The molecule has 1 rings (SSSR count). The minimum Gasteiger partial charge on any atom is -0.493 e. The number of rotatable bonds is 6. The summed E-state index contributed by atoms with van der Waals surface area (Å²) in [4.78, 5) is 10.8. The van der Waals surface area contributed by atoms with E-state index >= 15 is 0 Å². The molecule has 0 aromatic heterocycles. The Morgan fingerprint density at radius 3 is 2.56 bits per heavy atom. The topological polar surface area (TPSA) is 80.7 Å². The van der Waals surface area contributed by atoms with E-state index in [1.807, 2.05) is 0 Å².